The van der Waals surface area contributed by atoms with Gasteiger partial charge in [0.1, 0.15) is 6.61 Å². The number of alkyl halides is 3. The van der Waals surface area contributed by atoms with Gasteiger partial charge in [0.15, 0.2) is 0 Å². The number of thiophene rings is 1. The van der Waals surface area contributed by atoms with Crippen molar-refractivity contribution in [2.75, 3.05) is 13.2 Å². The Morgan fingerprint density at radius 3 is 2.62 bits per heavy atom. The molecule has 1 heterocycles. The monoisotopic (exact) mass is 318 g/mol. The third-order valence-corrected chi connectivity index (χ3v) is 3.55. The Bertz CT molecular complexity index is 327. The highest BCUT2D eigenvalue weighted by molar-refractivity contribution is 9.10. The molecule has 0 radical (unpaired) electrons. The maximum atomic E-state index is 11.7. The van der Waals surface area contributed by atoms with Crippen molar-refractivity contribution in [1.82, 2.24) is 0 Å². The summed E-state index contributed by atoms with van der Waals surface area (Å²) >= 11 is 4.65. The van der Waals surface area contributed by atoms with Crippen molar-refractivity contribution in [3.63, 3.8) is 0 Å². The minimum absolute atomic E-state index is 0.122. The van der Waals surface area contributed by atoms with Crippen molar-refractivity contribution >= 4 is 27.3 Å². The molecule has 1 unspecified atom stereocenters. The highest BCUT2D eigenvalue weighted by atomic mass is 79.9. The molecule has 0 aliphatic carbocycles. The number of aliphatic hydroxyl groups excluding tert-OH is 1. The second-order valence-corrected chi connectivity index (χ2v) is 4.75. The molecule has 1 atom stereocenters. The highest BCUT2D eigenvalue weighted by Crippen LogP contribution is 2.29. The van der Waals surface area contributed by atoms with Crippen LogP contribution in [0, 0.1) is 0 Å². The molecule has 2 nitrogen and oxygen atoms in total. The third kappa shape index (κ3) is 4.82. The van der Waals surface area contributed by atoms with Crippen LogP contribution >= 0.6 is 27.3 Å². The van der Waals surface area contributed by atoms with Crippen LogP contribution in [0.3, 0.4) is 0 Å². The molecule has 0 aromatic carbocycles. The summed E-state index contributed by atoms with van der Waals surface area (Å²) in [6, 6.07) is 0. The van der Waals surface area contributed by atoms with E-state index in [1.165, 1.54) is 11.3 Å². The number of hydrogen-bond donors (Lipinski definition) is 1. The molecule has 1 aromatic rings. The topological polar surface area (TPSA) is 29.5 Å². The number of aliphatic hydroxyl groups is 1. The molecule has 0 bridgehead atoms. The summed E-state index contributed by atoms with van der Waals surface area (Å²) in [5.41, 5.74) is 0.681. The lowest BCUT2D eigenvalue weighted by Gasteiger charge is -2.11. The molecule has 0 aliphatic heterocycles. The first-order valence-electron chi connectivity index (χ1n) is 4.44. The van der Waals surface area contributed by atoms with Gasteiger partial charge in [-0.05, 0) is 21.3 Å². The van der Waals surface area contributed by atoms with E-state index in [0.29, 0.717) is 5.56 Å². The zero-order valence-corrected chi connectivity index (χ0v) is 10.5. The molecule has 0 saturated heterocycles. The molecule has 0 fully saturated rings. The molecule has 1 rings (SSSR count). The van der Waals surface area contributed by atoms with E-state index in [9.17, 15) is 18.3 Å². The quantitative estimate of drug-likeness (QED) is 0.842. The number of ether oxygens (including phenoxy) is 1. The number of halogens is 4. The van der Waals surface area contributed by atoms with Crippen LogP contribution in [0.2, 0.25) is 0 Å². The summed E-state index contributed by atoms with van der Waals surface area (Å²) < 4.78 is 40.3. The maximum Gasteiger partial charge on any atom is 0.411 e. The maximum absolute atomic E-state index is 11.7. The standard InChI is InChI=1S/C9H10BrF3O2S/c10-7-4-16-3-6(7)8(14)1-2-15-5-9(11,12)13/h3-4,8,14H,1-2,5H2. The Balaban J connectivity index is 2.26. The Kier molecular flexibility index (Phi) is 5.23. The SMILES string of the molecule is OC(CCOCC(F)(F)F)c1cscc1Br. The van der Waals surface area contributed by atoms with Crippen LogP contribution in [0.15, 0.2) is 15.2 Å². The fraction of sp³-hybridized carbons (Fsp3) is 0.556. The second kappa shape index (κ2) is 6.00. The van der Waals surface area contributed by atoms with Gasteiger partial charge >= 0.3 is 6.18 Å². The molecule has 0 spiro atoms. The van der Waals surface area contributed by atoms with E-state index in [1.54, 1.807) is 10.8 Å². The van der Waals surface area contributed by atoms with Crippen LogP contribution in [0.1, 0.15) is 18.1 Å². The lowest BCUT2D eigenvalue weighted by Crippen LogP contribution is -2.18. The smallest absolute Gasteiger partial charge is 0.388 e. The first-order chi connectivity index (χ1) is 7.40. The molecule has 92 valence electrons. The van der Waals surface area contributed by atoms with Gasteiger partial charge in [0.25, 0.3) is 0 Å². The van der Waals surface area contributed by atoms with Crippen molar-refractivity contribution in [2.45, 2.75) is 18.7 Å². The first-order valence-corrected chi connectivity index (χ1v) is 6.18. The lowest BCUT2D eigenvalue weighted by molar-refractivity contribution is -0.175. The molecular weight excluding hydrogens is 309 g/mol. The predicted molar refractivity (Wildman–Crippen MR) is 58.5 cm³/mol. The Labute approximate surface area is 103 Å². The molecule has 0 saturated carbocycles. The van der Waals surface area contributed by atoms with E-state index >= 15 is 0 Å². The van der Waals surface area contributed by atoms with Gasteiger partial charge in [-0.1, -0.05) is 0 Å². The molecule has 1 aromatic heterocycles. The molecule has 7 heteroatoms. The minimum Gasteiger partial charge on any atom is -0.388 e. The summed E-state index contributed by atoms with van der Waals surface area (Å²) in [4.78, 5) is 0. The fourth-order valence-electron chi connectivity index (χ4n) is 1.07. The molecular formula is C9H10BrF3O2S. The van der Waals surface area contributed by atoms with Crippen LogP contribution in [0.4, 0.5) is 13.2 Å². The van der Waals surface area contributed by atoms with E-state index in [1.807, 2.05) is 0 Å². The number of rotatable bonds is 5. The zero-order chi connectivity index (χ0) is 12.2. The highest BCUT2D eigenvalue weighted by Gasteiger charge is 2.27. The summed E-state index contributed by atoms with van der Waals surface area (Å²) in [6.07, 6.45) is -4.96. The van der Waals surface area contributed by atoms with Crippen molar-refractivity contribution in [3.8, 4) is 0 Å². The normalized spacial score (nSPS) is 14.1. The average molecular weight is 319 g/mol. The summed E-state index contributed by atoms with van der Waals surface area (Å²) in [5, 5.41) is 13.2. The Morgan fingerprint density at radius 1 is 1.44 bits per heavy atom. The van der Waals surface area contributed by atoms with Crippen molar-refractivity contribution < 1.29 is 23.0 Å². The van der Waals surface area contributed by atoms with Crippen LogP contribution in [0.25, 0.3) is 0 Å². The van der Waals surface area contributed by atoms with Gasteiger partial charge in [-0.15, -0.1) is 0 Å². The van der Waals surface area contributed by atoms with Gasteiger partial charge in [-0.3, -0.25) is 0 Å². The lowest BCUT2D eigenvalue weighted by atomic mass is 10.1. The van der Waals surface area contributed by atoms with E-state index in [0.717, 1.165) is 4.47 Å². The van der Waals surface area contributed by atoms with E-state index in [4.69, 9.17) is 0 Å². The van der Waals surface area contributed by atoms with E-state index in [-0.39, 0.29) is 13.0 Å². The van der Waals surface area contributed by atoms with Gasteiger partial charge in [0.2, 0.25) is 0 Å². The van der Waals surface area contributed by atoms with Gasteiger partial charge in [-0.2, -0.15) is 24.5 Å². The van der Waals surface area contributed by atoms with E-state index in [2.05, 4.69) is 20.7 Å². The summed E-state index contributed by atoms with van der Waals surface area (Å²) in [6.45, 7) is -1.40. The largest absolute Gasteiger partial charge is 0.411 e. The van der Waals surface area contributed by atoms with E-state index < -0.39 is 18.9 Å². The van der Waals surface area contributed by atoms with Crippen molar-refractivity contribution in [3.05, 3.63) is 20.8 Å². The van der Waals surface area contributed by atoms with Gasteiger partial charge in [0, 0.05) is 28.4 Å². The van der Waals surface area contributed by atoms with Gasteiger partial charge in [0.05, 0.1) is 6.10 Å². The Morgan fingerprint density at radius 2 is 2.12 bits per heavy atom. The fourth-order valence-corrected chi connectivity index (χ4v) is 2.68. The van der Waals surface area contributed by atoms with Gasteiger partial charge in [-0.25, -0.2) is 0 Å². The predicted octanol–water partition coefficient (Wildman–Crippen LogP) is 3.51. The van der Waals surface area contributed by atoms with Crippen LogP contribution in [0.5, 0.6) is 0 Å². The summed E-state index contributed by atoms with van der Waals surface area (Å²) in [7, 11) is 0. The minimum atomic E-state index is -4.31. The Hall–Kier alpha value is -0.110. The van der Waals surface area contributed by atoms with Crippen LogP contribution in [-0.2, 0) is 4.74 Å². The molecule has 0 aliphatic rings. The van der Waals surface area contributed by atoms with Gasteiger partial charge < -0.3 is 9.84 Å². The molecule has 1 N–H and O–H groups in total. The number of hydrogen-bond acceptors (Lipinski definition) is 3. The zero-order valence-electron chi connectivity index (χ0n) is 8.13. The van der Waals surface area contributed by atoms with Crippen LogP contribution < -0.4 is 0 Å². The first kappa shape index (κ1) is 14.0. The van der Waals surface area contributed by atoms with Crippen LogP contribution in [-0.4, -0.2) is 24.5 Å². The third-order valence-electron chi connectivity index (χ3n) is 1.80. The average Bonchev–Trinajstić information content (AvgIpc) is 2.57. The van der Waals surface area contributed by atoms with Crippen molar-refractivity contribution in [1.29, 1.82) is 0 Å². The molecule has 0 amide bonds. The van der Waals surface area contributed by atoms with Crippen molar-refractivity contribution in [2.24, 2.45) is 0 Å². The summed E-state index contributed by atoms with van der Waals surface area (Å²) in [5.74, 6) is 0. The second-order valence-electron chi connectivity index (χ2n) is 3.15. The molecule has 16 heavy (non-hydrogen) atoms.